The number of nitrogens with one attached hydrogen (secondary N) is 3. The van der Waals surface area contributed by atoms with Gasteiger partial charge in [-0.1, -0.05) is 41.9 Å². The zero-order chi connectivity index (χ0) is 27.1. The minimum absolute atomic E-state index is 0.139. The van der Waals surface area contributed by atoms with Crippen LogP contribution in [0.5, 0.6) is 0 Å². The van der Waals surface area contributed by atoms with Crippen LogP contribution >= 0.6 is 11.6 Å². The fraction of sp³-hybridized carbons (Fsp3) is 0.111. The van der Waals surface area contributed by atoms with E-state index in [0.29, 0.717) is 22.4 Å². The molecule has 3 N–H and O–H groups in total. The van der Waals surface area contributed by atoms with E-state index in [4.69, 9.17) is 16.4 Å². The second-order valence-corrected chi connectivity index (χ2v) is 8.60. The summed E-state index contributed by atoms with van der Waals surface area (Å²) in [5.74, 6) is 0.826. The van der Waals surface area contributed by atoms with E-state index in [9.17, 15) is 18.0 Å². The van der Waals surface area contributed by atoms with Gasteiger partial charge in [-0.2, -0.15) is 18.2 Å². The number of aromatic nitrogens is 2. The van der Waals surface area contributed by atoms with E-state index in [1.165, 1.54) is 5.56 Å². The first-order valence-electron chi connectivity index (χ1n) is 11.4. The van der Waals surface area contributed by atoms with Gasteiger partial charge in [-0.25, -0.2) is 4.98 Å². The largest absolute Gasteiger partial charge is 0.446 e. The van der Waals surface area contributed by atoms with Crippen molar-refractivity contribution < 1.29 is 22.8 Å². The second kappa shape index (κ2) is 11.7. The summed E-state index contributed by atoms with van der Waals surface area (Å²) in [7, 11) is 0. The molecule has 1 aromatic heterocycles. The van der Waals surface area contributed by atoms with Gasteiger partial charge in [0.05, 0.1) is 6.20 Å². The maximum Gasteiger partial charge on any atom is 0.446 e. The number of hydrogen-bond acceptors (Lipinski definition) is 6. The third-order valence-corrected chi connectivity index (χ3v) is 5.67. The first kappa shape index (κ1) is 26.6. The predicted molar refractivity (Wildman–Crippen MR) is 140 cm³/mol. The lowest BCUT2D eigenvalue weighted by Crippen LogP contribution is -2.13. The van der Waals surface area contributed by atoms with E-state index < -0.39 is 12.5 Å². The van der Waals surface area contributed by atoms with Crippen molar-refractivity contribution in [3.63, 3.8) is 0 Å². The van der Waals surface area contributed by atoms with Crippen LogP contribution in [0.3, 0.4) is 0 Å². The highest BCUT2D eigenvalue weighted by molar-refractivity contribution is 6.32. The Hall–Kier alpha value is -4.44. The van der Waals surface area contributed by atoms with Crippen molar-refractivity contribution >= 4 is 52.6 Å². The lowest BCUT2D eigenvalue weighted by Gasteiger charge is -2.15. The van der Waals surface area contributed by atoms with Gasteiger partial charge in [0.2, 0.25) is 12.2 Å². The number of hydrogen-bond donors (Lipinski definition) is 3. The Labute approximate surface area is 221 Å². The molecule has 6 bridgehead atoms. The number of anilines is 5. The Kier molecular flexibility index (Phi) is 8.22. The van der Waals surface area contributed by atoms with Crippen molar-refractivity contribution in [1.29, 1.82) is 0 Å². The van der Waals surface area contributed by atoms with Gasteiger partial charge >= 0.3 is 6.18 Å². The van der Waals surface area contributed by atoms with Crippen molar-refractivity contribution in [1.82, 2.24) is 9.97 Å². The number of benzene rings is 3. The smallest absolute Gasteiger partial charge is 0.339 e. The topological polar surface area (TPSA) is 96.0 Å². The van der Waals surface area contributed by atoms with Crippen molar-refractivity contribution in [2.24, 2.45) is 0 Å². The van der Waals surface area contributed by atoms with Gasteiger partial charge in [0.25, 0.3) is 5.91 Å². The Morgan fingerprint density at radius 1 is 0.947 bits per heavy atom. The van der Waals surface area contributed by atoms with Crippen molar-refractivity contribution in [3.8, 4) is 0 Å². The molecule has 1 aliphatic heterocycles. The third-order valence-electron chi connectivity index (χ3n) is 5.40. The number of halogens is 4. The van der Waals surface area contributed by atoms with E-state index in [2.05, 4.69) is 38.1 Å². The van der Waals surface area contributed by atoms with Crippen LogP contribution in [0.25, 0.3) is 0 Å². The van der Waals surface area contributed by atoms with Crippen LogP contribution in [0.15, 0.2) is 79.0 Å². The monoisotopic (exact) mass is 539 g/mol. The molecule has 1 amide bonds. The van der Waals surface area contributed by atoms with Crippen LogP contribution < -0.4 is 16.0 Å². The molecule has 0 saturated carbocycles. The van der Waals surface area contributed by atoms with Crippen LogP contribution in [0.4, 0.5) is 42.0 Å². The number of alkyl halides is 3. The maximum absolute atomic E-state index is 12.7. The Morgan fingerprint density at radius 2 is 1.68 bits per heavy atom. The van der Waals surface area contributed by atoms with Gasteiger partial charge < -0.3 is 16.0 Å². The molecule has 0 atom stereocenters. The summed E-state index contributed by atoms with van der Waals surface area (Å²) in [6.45, 7) is 0. The molecule has 7 nitrogen and oxygen atoms in total. The van der Waals surface area contributed by atoms with Crippen LogP contribution in [0, 0.1) is 0 Å². The molecule has 0 saturated heterocycles. The average molecular weight is 540 g/mol. The summed E-state index contributed by atoms with van der Waals surface area (Å²) in [4.78, 5) is 30.2. The molecule has 0 spiro atoms. The molecule has 3 aromatic carbocycles. The van der Waals surface area contributed by atoms with Gasteiger partial charge in [-0.3, -0.25) is 9.59 Å². The highest BCUT2D eigenvalue weighted by atomic mass is 35.5. The summed E-state index contributed by atoms with van der Waals surface area (Å²) >= 11 is 6.33. The zero-order valence-electron chi connectivity index (χ0n) is 19.7. The highest BCUT2D eigenvalue weighted by Crippen LogP contribution is 2.29. The van der Waals surface area contributed by atoms with Crippen molar-refractivity contribution in [2.75, 3.05) is 16.0 Å². The molecule has 0 aliphatic carbocycles. The number of carbonyl (C=O) groups excluding carboxylic acids is 2. The van der Waals surface area contributed by atoms with Crippen molar-refractivity contribution in [2.45, 2.75) is 19.0 Å². The summed E-state index contributed by atoms with van der Waals surface area (Å²) in [6.07, 6.45) is -2.57. The molecule has 11 heteroatoms. The average Bonchev–Trinajstić information content (AvgIpc) is 2.91. The van der Waals surface area contributed by atoms with Crippen LogP contribution in [-0.4, -0.2) is 28.3 Å². The van der Waals surface area contributed by atoms with Gasteiger partial charge in [0, 0.05) is 22.6 Å². The first-order chi connectivity index (χ1) is 18.2. The molecule has 4 aromatic rings. The van der Waals surface area contributed by atoms with Gasteiger partial charge in [0.15, 0.2) is 5.82 Å². The molecular formula is C27H21ClF3N5O2. The molecule has 194 valence electrons. The van der Waals surface area contributed by atoms with E-state index in [1.807, 2.05) is 48.5 Å². The number of nitrogens with zero attached hydrogens (tertiary/aromatic N) is 2. The number of carbonyl (C=O) groups is 2. The minimum Gasteiger partial charge on any atom is -0.339 e. The Bertz CT molecular complexity index is 1450. The van der Waals surface area contributed by atoms with E-state index in [0.717, 1.165) is 35.5 Å². The Balaban J connectivity index is 0.000000505. The molecule has 1 aliphatic rings. The fourth-order valence-electron chi connectivity index (χ4n) is 3.65. The van der Waals surface area contributed by atoms with Crippen LogP contribution in [0.2, 0.25) is 5.02 Å². The van der Waals surface area contributed by atoms with Crippen LogP contribution in [-0.2, 0) is 17.6 Å². The zero-order valence-corrected chi connectivity index (χ0v) is 20.5. The molecule has 5 rings (SSSR count). The Morgan fingerprint density at radius 3 is 2.42 bits per heavy atom. The summed E-state index contributed by atoms with van der Waals surface area (Å²) in [5, 5.41) is 9.98. The lowest BCUT2D eigenvalue weighted by molar-refractivity contribution is -0.156. The summed E-state index contributed by atoms with van der Waals surface area (Å²) in [6, 6.07) is 23.2. The van der Waals surface area contributed by atoms with Crippen molar-refractivity contribution in [3.05, 3.63) is 101 Å². The number of rotatable bonds is 2. The predicted octanol–water partition coefficient (Wildman–Crippen LogP) is 6.72. The highest BCUT2D eigenvalue weighted by Gasteiger charge is 2.25. The molecule has 2 heterocycles. The van der Waals surface area contributed by atoms with Crippen LogP contribution in [0.1, 0.15) is 21.5 Å². The fourth-order valence-corrected chi connectivity index (χ4v) is 3.79. The van der Waals surface area contributed by atoms with E-state index in [-0.39, 0.29) is 5.91 Å². The molecule has 38 heavy (non-hydrogen) atoms. The first-order valence-corrected chi connectivity index (χ1v) is 11.8. The SMILES string of the molecule is O=C(Nc1ccc2cc1CCc1cccc(c1)Nc1ncc(Cl)c(n1)N2)c1ccccc1.O=CC(F)(F)F. The number of fused-ring (bicyclic) bond motifs is 6. The van der Waals surface area contributed by atoms with Gasteiger partial charge in [-0.05, 0) is 66.4 Å². The molecule has 0 unspecified atom stereocenters. The standard InChI is InChI=1S/C25H20ClN5O.C2HF3O/c26-21-15-27-25-29-19-8-4-5-16(13-19)9-10-18-14-20(28-23(21)31-25)11-12-22(18)30-24(32)17-6-2-1-3-7-17;3-2(4,5)1-6/h1-8,11-15H,9-10H2,(H,30,32)(H2,27,28,29,31);1H. The quantitative estimate of drug-likeness (QED) is 0.245. The lowest BCUT2D eigenvalue weighted by atomic mass is 10.0. The minimum atomic E-state index is -4.64. The van der Waals surface area contributed by atoms with Gasteiger partial charge in [0.1, 0.15) is 5.02 Å². The molecule has 0 radical (unpaired) electrons. The number of aryl methyl sites for hydroxylation is 2. The van der Waals surface area contributed by atoms with Gasteiger partial charge in [-0.15, -0.1) is 0 Å². The van der Waals surface area contributed by atoms with E-state index in [1.54, 1.807) is 18.3 Å². The summed E-state index contributed by atoms with van der Waals surface area (Å²) < 4.78 is 31.2. The second-order valence-electron chi connectivity index (χ2n) is 8.19. The number of aldehydes is 1. The normalized spacial score (nSPS) is 12.1. The van der Waals surface area contributed by atoms with E-state index >= 15 is 0 Å². The molecule has 0 fully saturated rings. The third kappa shape index (κ3) is 7.30. The maximum atomic E-state index is 12.7. The number of amides is 1. The molecular weight excluding hydrogens is 519 g/mol. The summed E-state index contributed by atoms with van der Waals surface area (Å²) in [5.41, 5.74) is 5.31.